The van der Waals surface area contributed by atoms with Gasteiger partial charge in [0.05, 0.1) is 0 Å². The van der Waals surface area contributed by atoms with E-state index in [0.29, 0.717) is 0 Å². The molecule has 1 heterocycles. The maximum atomic E-state index is 6.14. The minimum Gasteiger partial charge on any atom is -0.383 e. The molecular formula is C16H23N3. The molecule has 0 aliphatic heterocycles. The van der Waals surface area contributed by atoms with Gasteiger partial charge in [-0.3, -0.25) is 0 Å². The lowest BCUT2D eigenvalue weighted by Crippen LogP contribution is -2.10. The summed E-state index contributed by atoms with van der Waals surface area (Å²) < 4.78 is 1.97. The summed E-state index contributed by atoms with van der Waals surface area (Å²) in [6.07, 6.45) is 0.890. The molecule has 0 spiro atoms. The summed E-state index contributed by atoms with van der Waals surface area (Å²) >= 11 is 0. The van der Waals surface area contributed by atoms with Gasteiger partial charge in [-0.25, -0.2) is 4.98 Å². The first kappa shape index (κ1) is 13.7. The molecule has 2 N–H and O–H groups in total. The van der Waals surface area contributed by atoms with Crippen molar-refractivity contribution in [1.29, 1.82) is 0 Å². The van der Waals surface area contributed by atoms with E-state index in [0.717, 1.165) is 29.3 Å². The molecule has 2 rings (SSSR count). The lowest BCUT2D eigenvalue weighted by molar-refractivity contribution is 0.590. The molecule has 3 nitrogen and oxygen atoms in total. The third kappa shape index (κ3) is 2.50. The Morgan fingerprint density at radius 2 is 1.74 bits per heavy atom. The number of aromatic nitrogens is 2. The van der Waals surface area contributed by atoms with Gasteiger partial charge in [0.15, 0.2) is 0 Å². The topological polar surface area (TPSA) is 43.8 Å². The summed E-state index contributed by atoms with van der Waals surface area (Å²) in [5, 5.41) is 0. The van der Waals surface area contributed by atoms with E-state index in [-0.39, 0.29) is 5.41 Å². The molecule has 3 heteroatoms. The minimum absolute atomic E-state index is 0.169. The van der Waals surface area contributed by atoms with Crippen LogP contribution in [-0.4, -0.2) is 9.55 Å². The lowest BCUT2D eigenvalue weighted by atomic mass is 9.86. The normalized spacial score (nSPS) is 11.8. The number of aryl methyl sites for hydroxylation is 1. The third-order valence-electron chi connectivity index (χ3n) is 3.57. The average Bonchev–Trinajstić information content (AvgIpc) is 2.65. The Bertz CT molecular complexity index is 571. The van der Waals surface area contributed by atoms with Gasteiger partial charge in [-0.1, -0.05) is 52.0 Å². The molecule has 0 amide bonds. The van der Waals surface area contributed by atoms with Crippen molar-refractivity contribution in [3.8, 4) is 11.3 Å². The van der Waals surface area contributed by atoms with E-state index in [9.17, 15) is 0 Å². The number of nitrogens with zero attached hydrogens (tertiary/aromatic N) is 2. The highest BCUT2D eigenvalue weighted by Gasteiger charge is 2.15. The second kappa shape index (κ2) is 4.72. The largest absolute Gasteiger partial charge is 0.383 e. The van der Waals surface area contributed by atoms with E-state index in [1.54, 1.807) is 0 Å². The highest BCUT2D eigenvalue weighted by molar-refractivity contribution is 5.71. The van der Waals surface area contributed by atoms with E-state index in [1.807, 2.05) is 11.6 Å². The number of nitrogen functional groups attached to an aromatic ring is 1. The lowest BCUT2D eigenvalue weighted by Gasteiger charge is -2.19. The molecule has 0 unspecified atom stereocenters. The van der Waals surface area contributed by atoms with Crippen LogP contribution in [0.5, 0.6) is 0 Å². The SMILES string of the molecule is CCc1nc(-c2ccc(C(C)(C)C)cc2)c(N)n1C. The smallest absolute Gasteiger partial charge is 0.131 e. The van der Waals surface area contributed by atoms with Gasteiger partial charge < -0.3 is 10.3 Å². The Balaban J connectivity index is 2.43. The van der Waals surface area contributed by atoms with Crippen molar-refractivity contribution >= 4 is 5.82 Å². The van der Waals surface area contributed by atoms with E-state index in [1.165, 1.54) is 5.56 Å². The van der Waals surface area contributed by atoms with Crippen molar-refractivity contribution < 1.29 is 0 Å². The van der Waals surface area contributed by atoms with Crippen molar-refractivity contribution in [3.63, 3.8) is 0 Å². The summed E-state index contributed by atoms with van der Waals surface area (Å²) in [5.41, 5.74) is 9.60. The molecule has 0 bridgehead atoms. The number of benzene rings is 1. The molecule has 0 saturated heterocycles. The van der Waals surface area contributed by atoms with Gasteiger partial charge in [0.25, 0.3) is 0 Å². The Labute approximate surface area is 115 Å². The van der Waals surface area contributed by atoms with Crippen LogP contribution in [0.1, 0.15) is 39.1 Å². The van der Waals surface area contributed by atoms with Gasteiger partial charge in [-0.15, -0.1) is 0 Å². The van der Waals surface area contributed by atoms with Gasteiger partial charge in [-0.2, -0.15) is 0 Å². The van der Waals surface area contributed by atoms with Crippen molar-refractivity contribution in [2.45, 2.75) is 39.5 Å². The first-order valence-corrected chi connectivity index (χ1v) is 6.76. The average molecular weight is 257 g/mol. The molecule has 0 atom stereocenters. The summed E-state index contributed by atoms with van der Waals surface area (Å²) in [6, 6.07) is 8.54. The number of anilines is 1. The number of nitrogens with two attached hydrogens (primary N) is 1. The summed E-state index contributed by atoms with van der Waals surface area (Å²) in [5.74, 6) is 1.76. The Hall–Kier alpha value is -1.77. The van der Waals surface area contributed by atoms with Crippen molar-refractivity contribution in [2.75, 3.05) is 5.73 Å². The third-order valence-corrected chi connectivity index (χ3v) is 3.57. The summed E-state index contributed by atoms with van der Waals surface area (Å²) in [6.45, 7) is 8.74. The zero-order valence-corrected chi connectivity index (χ0v) is 12.5. The van der Waals surface area contributed by atoms with Gasteiger partial charge in [0.1, 0.15) is 17.3 Å². The first-order chi connectivity index (χ1) is 8.84. The second-order valence-electron chi connectivity index (χ2n) is 6.00. The van der Waals surface area contributed by atoms with E-state index in [4.69, 9.17) is 5.73 Å². The minimum atomic E-state index is 0.169. The van der Waals surface area contributed by atoms with Crippen molar-refractivity contribution in [2.24, 2.45) is 7.05 Å². The van der Waals surface area contributed by atoms with Crippen molar-refractivity contribution in [3.05, 3.63) is 35.7 Å². The van der Waals surface area contributed by atoms with E-state index in [2.05, 4.69) is 56.9 Å². The van der Waals surface area contributed by atoms with Gasteiger partial charge in [-0.05, 0) is 11.0 Å². The predicted molar refractivity (Wildman–Crippen MR) is 81.1 cm³/mol. The first-order valence-electron chi connectivity index (χ1n) is 6.76. The van der Waals surface area contributed by atoms with E-state index < -0.39 is 0 Å². The Morgan fingerprint density at radius 1 is 1.16 bits per heavy atom. The zero-order valence-electron chi connectivity index (χ0n) is 12.5. The maximum Gasteiger partial charge on any atom is 0.131 e. The number of hydrogen-bond acceptors (Lipinski definition) is 2. The fourth-order valence-corrected chi connectivity index (χ4v) is 2.22. The van der Waals surface area contributed by atoms with Crippen LogP contribution in [0.25, 0.3) is 11.3 Å². The van der Waals surface area contributed by atoms with Crippen LogP contribution in [-0.2, 0) is 18.9 Å². The molecule has 0 fully saturated rings. The predicted octanol–water partition coefficient (Wildman–Crippen LogP) is 3.53. The highest BCUT2D eigenvalue weighted by atomic mass is 15.1. The molecule has 1 aromatic heterocycles. The fraction of sp³-hybridized carbons (Fsp3) is 0.438. The molecule has 0 saturated carbocycles. The fourth-order valence-electron chi connectivity index (χ4n) is 2.22. The Kier molecular flexibility index (Phi) is 3.40. The molecule has 102 valence electrons. The van der Waals surface area contributed by atoms with Crippen molar-refractivity contribution in [1.82, 2.24) is 9.55 Å². The molecule has 0 radical (unpaired) electrons. The Morgan fingerprint density at radius 3 is 2.16 bits per heavy atom. The monoisotopic (exact) mass is 257 g/mol. The maximum absolute atomic E-state index is 6.14. The molecular weight excluding hydrogens is 234 g/mol. The molecule has 0 aliphatic rings. The van der Waals surface area contributed by atoms with Crippen LogP contribution < -0.4 is 5.73 Å². The van der Waals surface area contributed by atoms with Gasteiger partial charge >= 0.3 is 0 Å². The molecule has 0 aliphatic carbocycles. The number of rotatable bonds is 2. The van der Waals surface area contributed by atoms with Crippen LogP contribution in [0.15, 0.2) is 24.3 Å². The van der Waals surface area contributed by atoms with Crippen LogP contribution in [0.4, 0.5) is 5.82 Å². The van der Waals surface area contributed by atoms with E-state index >= 15 is 0 Å². The molecule has 2 aromatic rings. The second-order valence-corrected chi connectivity index (χ2v) is 6.00. The molecule has 1 aromatic carbocycles. The van der Waals surface area contributed by atoms with Crippen LogP contribution in [0.3, 0.4) is 0 Å². The van der Waals surface area contributed by atoms with Crippen LogP contribution in [0, 0.1) is 0 Å². The summed E-state index contributed by atoms with van der Waals surface area (Å²) in [4.78, 5) is 4.63. The summed E-state index contributed by atoms with van der Waals surface area (Å²) in [7, 11) is 1.97. The van der Waals surface area contributed by atoms with Crippen LogP contribution >= 0.6 is 0 Å². The molecule has 19 heavy (non-hydrogen) atoms. The van der Waals surface area contributed by atoms with Gasteiger partial charge in [0, 0.05) is 19.0 Å². The van der Waals surface area contributed by atoms with Crippen LogP contribution in [0.2, 0.25) is 0 Å². The van der Waals surface area contributed by atoms with Gasteiger partial charge in [0.2, 0.25) is 0 Å². The quantitative estimate of drug-likeness (QED) is 0.894. The number of hydrogen-bond donors (Lipinski definition) is 1. The number of imidazole rings is 1. The standard InChI is InChI=1S/C16H23N3/c1-6-13-18-14(15(17)19(13)5)11-7-9-12(10-8-11)16(2,3)4/h7-10H,6,17H2,1-5H3. The highest BCUT2D eigenvalue weighted by Crippen LogP contribution is 2.29. The zero-order chi connectivity index (χ0) is 14.2.